The Labute approximate surface area is 179 Å². The molecule has 146 valence electrons. The molecule has 0 atom stereocenters. The zero-order valence-electron chi connectivity index (χ0n) is 14.1. The minimum atomic E-state index is -1.14. The molecule has 0 saturated carbocycles. The van der Waals surface area contributed by atoms with Crippen LogP contribution in [0.1, 0.15) is 10.4 Å². The van der Waals surface area contributed by atoms with Gasteiger partial charge in [-0.2, -0.15) is 0 Å². The summed E-state index contributed by atoms with van der Waals surface area (Å²) in [6, 6.07) is 7.42. The van der Waals surface area contributed by atoms with Crippen LogP contribution >= 0.6 is 50.7 Å². The lowest BCUT2D eigenvalue weighted by molar-refractivity contribution is -0.0598. The number of hydrogen-bond acceptors (Lipinski definition) is 4. The second-order valence-electron chi connectivity index (χ2n) is 4.90. The van der Waals surface area contributed by atoms with Crippen molar-refractivity contribution in [3.05, 3.63) is 55.4 Å². The molecule has 0 heterocycles. The van der Waals surface area contributed by atoms with Gasteiger partial charge in [0.1, 0.15) is 0 Å². The molecule has 7 nitrogen and oxygen atoms in total. The predicted molar refractivity (Wildman–Crippen MR) is 111 cm³/mol. The number of nitrogens with zero attached hydrogens (tertiary/aromatic N) is 1. The van der Waals surface area contributed by atoms with Crippen molar-refractivity contribution in [3.8, 4) is 0 Å². The molecule has 11 heteroatoms. The number of amides is 2. The van der Waals surface area contributed by atoms with Crippen molar-refractivity contribution in [1.29, 1.82) is 0 Å². The maximum Gasteiger partial charge on any atom is 0.345 e. The first-order chi connectivity index (χ1) is 12.6. The zero-order valence-corrected chi connectivity index (χ0v) is 17.9. The quantitative estimate of drug-likeness (QED) is 0.387. The molecule has 4 N–H and O–H groups in total. The monoisotopic (exact) mass is 497 g/mol. The van der Waals surface area contributed by atoms with Crippen molar-refractivity contribution in [1.82, 2.24) is 5.06 Å². The van der Waals surface area contributed by atoms with Crippen molar-refractivity contribution in [2.75, 3.05) is 25.2 Å². The van der Waals surface area contributed by atoms with Crippen LogP contribution in [0.4, 0.5) is 16.2 Å². The van der Waals surface area contributed by atoms with E-state index in [4.69, 9.17) is 50.5 Å². The third-order valence-corrected chi connectivity index (χ3v) is 4.90. The first kappa shape index (κ1) is 23.3. The Balaban J connectivity index is 0.000000277. The van der Waals surface area contributed by atoms with Crippen LogP contribution in [0, 0.1) is 0 Å². The van der Waals surface area contributed by atoms with E-state index in [1.165, 1.54) is 26.3 Å². The number of nitrogens with one attached hydrogen (secondary N) is 1. The van der Waals surface area contributed by atoms with E-state index < -0.39 is 5.97 Å². The number of nitrogens with two attached hydrogens (primary N) is 1. The van der Waals surface area contributed by atoms with Crippen molar-refractivity contribution >= 4 is 74.1 Å². The van der Waals surface area contributed by atoms with Crippen molar-refractivity contribution in [2.45, 2.75) is 0 Å². The normalized spacial score (nSPS) is 9.85. The van der Waals surface area contributed by atoms with Gasteiger partial charge in [-0.15, -0.1) is 0 Å². The van der Waals surface area contributed by atoms with Crippen LogP contribution in [-0.4, -0.2) is 36.3 Å². The predicted octanol–water partition coefficient (Wildman–Crippen LogP) is 5.40. The van der Waals surface area contributed by atoms with E-state index in [1.807, 2.05) is 0 Å². The Morgan fingerprint density at radius 2 is 1.85 bits per heavy atom. The standard InChI is InChI=1S/C9H10BrClN2O2.C7H5Cl2NO2/c1-13(15-2)9(14)12-6-3-4-7(10)8(11)5-6;8-3-1-4(7(11)12)6(9)5(10)2-3/h3-5H,1-2H3,(H,12,14);1-2H,10H2,(H,11,12). The van der Waals surface area contributed by atoms with Crippen LogP contribution in [0.3, 0.4) is 0 Å². The van der Waals surface area contributed by atoms with E-state index in [9.17, 15) is 9.59 Å². The number of anilines is 2. The lowest BCUT2D eigenvalue weighted by Gasteiger charge is -2.14. The minimum absolute atomic E-state index is 0.0203. The molecule has 0 radical (unpaired) electrons. The highest BCUT2D eigenvalue weighted by atomic mass is 79.9. The summed E-state index contributed by atoms with van der Waals surface area (Å²) in [4.78, 5) is 26.6. The highest BCUT2D eigenvalue weighted by Gasteiger charge is 2.12. The number of halogens is 4. The molecule has 0 aromatic heterocycles. The number of carbonyl (C=O) groups is 2. The molecule has 0 aliphatic carbocycles. The fourth-order valence-electron chi connectivity index (χ4n) is 1.62. The highest BCUT2D eigenvalue weighted by Crippen LogP contribution is 2.27. The van der Waals surface area contributed by atoms with Crippen LogP contribution in [0.25, 0.3) is 0 Å². The van der Waals surface area contributed by atoms with E-state index in [0.717, 1.165) is 9.54 Å². The maximum absolute atomic E-state index is 11.4. The summed E-state index contributed by atoms with van der Waals surface area (Å²) in [6.45, 7) is 0. The van der Waals surface area contributed by atoms with Gasteiger partial charge in [0.25, 0.3) is 0 Å². The average molecular weight is 500 g/mol. The summed E-state index contributed by atoms with van der Waals surface area (Å²) in [5, 5.41) is 13.1. The topological polar surface area (TPSA) is 105 Å². The molecule has 2 aromatic rings. The van der Waals surface area contributed by atoms with Gasteiger partial charge >= 0.3 is 12.0 Å². The molecule has 27 heavy (non-hydrogen) atoms. The number of aromatic carboxylic acids is 1. The van der Waals surface area contributed by atoms with Gasteiger partial charge in [-0.05, 0) is 46.3 Å². The van der Waals surface area contributed by atoms with Gasteiger partial charge in [0.2, 0.25) is 0 Å². The van der Waals surface area contributed by atoms with Gasteiger partial charge in [0, 0.05) is 22.2 Å². The molecule has 0 fully saturated rings. The third kappa shape index (κ3) is 7.08. The smallest absolute Gasteiger partial charge is 0.345 e. The number of nitrogen functional groups attached to an aromatic ring is 1. The van der Waals surface area contributed by atoms with Crippen LogP contribution in [-0.2, 0) is 4.84 Å². The van der Waals surface area contributed by atoms with E-state index >= 15 is 0 Å². The lowest BCUT2D eigenvalue weighted by Crippen LogP contribution is -2.30. The molecule has 0 aliphatic rings. The Hall–Kier alpha value is -1.71. The summed E-state index contributed by atoms with van der Waals surface area (Å²) in [7, 11) is 2.92. The minimum Gasteiger partial charge on any atom is -0.478 e. The fourth-order valence-corrected chi connectivity index (χ4v) is 2.47. The second kappa shape index (κ2) is 10.6. The summed E-state index contributed by atoms with van der Waals surface area (Å²) < 4.78 is 0.780. The molecule has 0 aliphatic heterocycles. The van der Waals surface area contributed by atoms with E-state index in [-0.39, 0.29) is 27.3 Å². The molecule has 0 saturated heterocycles. The van der Waals surface area contributed by atoms with Crippen LogP contribution in [0.2, 0.25) is 15.1 Å². The number of hydroxylamine groups is 2. The summed E-state index contributed by atoms with van der Waals surface area (Å²) >= 11 is 20.3. The van der Waals surface area contributed by atoms with Gasteiger partial charge in [-0.1, -0.05) is 34.8 Å². The maximum atomic E-state index is 11.4. The number of carboxylic acids is 1. The van der Waals surface area contributed by atoms with E-state index in [1.54, 1.807) is 18.2 Å². The fraction of sp³-hybridized carbons (Fsp3) is 0.125. The number of hydrogen-bond donors (Lipinski definition) is 3. The number of urea groups is 1. The van der Waals surface area contributed by atoms with Crippen molar-refractivity contribution < 1.29 is 19.5 Å². The van der Waals surface area contributed by atoms with Crippen LogP contribution in [0.5, 0.6) is 0 Å². The Bertz CT molecular complexity index is 852. The average Bonchev–Trinajstić information content (AvgIpc) is 2.60. The molecule has 2 amide bonds. The second-order valence-corrected chi connectivity index (χ2v) is 6.98. The van der Waals surface area contributed by atoms with Gasteiger partial charge in [-0.3, -0.25) is 4.84 Å². The third-order valence-electron chi connectivity index (χ3n) is 3.03. The molecule has 0 spiro atoms. The van der Waals surface area contributed by atoms with E-state index in [2.05, 4.69) is 21.2 Å². The van der Waals surface area contributed by atoms with Crippen molar-refractivity contribution in [2.24, 2.45) is 0 Å². The number of benzene rings is 2. The van der Waals surface area contributed by atoms with Crippen molar-refractivity contribution in [3.63, 3.8) is 0 Å². The van der Waals surface area contributed by atoms with Gasteiger partial charge < -0.3 is 16.2 Å². The molecular formula is C16H15BrCl3N3O4. The van der Waals surface area contributed by atoms with Crippen LogP contribution in [0.15, 0.2) is 34.8 Å². The zero-order chi connectivity index (χ0) is 20.7. The van der Waals surface area contributed by atoms with Gasteiger partial charge in [-0.25, -0.2) is 14.7 Å². The summed E-state index contributed by atoms with van der Waals surface area (Å²) in [5.41, 5.74) is 6.07. The summed E-state index contributed by atoms with van der Waals surface area (Å²) in [5.74, 6) is -1.14. The molecule has 2 aromatic carbocycles. The first-order valence-corrected chi connectivity index (χ1v) is 9.01. The lowest BCUT2D eigenvalue weighted by atomic mass is 10.2. The number of carboxylic acid groups (broad SMARTS) is 1. The highest BCUT2D eigenvalue weighted by molar-refractivity contribution is 9.10. The SMILES string of the molecule is CON(C)C(=O)Nc1ccc(Br)c(Cl)c1.Nc1cc(Cl)cc(C(=O)O)c1Cl. The molecule has 0 unspecified atom stereocenters. The summed E-state index contributed by atoms with van der Waals surface area (Å²) in [6.07, 6.45) is 0. The first-order valence-electron chi connectivity index (χ1n) is 7.08. The van der Waals surface area contributed by atoms with Crippen LogP contribution < -0.4 is 11.1 Å². The molecular weight excluding hydrogens is 484 g/mol. The number of carbonyl (C=O) groups excluding carboxylic acids is 1. The van der Waals surface area contributed by atoms with Gasteiger partial charge in [0.05, 0.1) is 28.4 Å². The Morgan fingerprint density at radius 1 is 1.22 bits per heavy atom. The molecule has 2 rings (SSSR count). The van der Waals surface area contributed by atoms with E-state index in [0.29, 0.717) is 10.7 Å². The van der Waals surface area contributed by atoms with Gasteiger partial charge in [0.15, 0.2) is 0 Å². The molecule has 0 bridgehead atoms. The Kier molecular flexibility index (Phi) is 9.14. The largest absolute Gasteiger partial charge is 0.478 e. The number of rotatable bonds is 3. The Morgan fingerprint density at radius 3 is 2.37 bits per heavy atom.